The van der Waals surface area contributed by atoms with Gasteiger partial charge >= 0.3 is 0 Å². The highest BCUT2D eigenvalue weighted by molar-refractivity contribution is 7.98. The molecular formula is C18H15N2O5S-. The van der Waals surface area contributed by atoms with E-state index in [-0.39, 0.29) is 5.56 Å². The summed E-state index contributed by atoms with van der Waals surface area (Å²) < 4.78 is 16.1. The van der Waals surface area contributed by atoms with Crippen LogP contribution in [0.1, 0.15) is 15.9 Å². The van der Waals surface area contributed by atoms with E-state index in [2.05, 4.69) is 10.2 Å². The number of carboxylic acids is 1. The van der Waals surface area contributed by atoms with Gasteiger partial charge in [-0.25, -0.2) is 0 Å². The van der Waals surface area contributed by atoms with Crippen LogP contribution in [0.3, 0.4) is 0 Å². The average Bonchev–Trinajstić information content (AvgIpc) is 3.15. The maximum atomic E-state index is 10.7. The number of aromatic carboxylic acids is 1. The molecule has 2 aromatic carbocycles. The molecule has 0 N–H and O–H groups in total. The minimum Gasteiger partial charge on any atom is -0.545 e. The molecule has 0 bridgehead atoms. The third-order valence-electron chi connectivity index (χ3n) is 3.59. The molecular weight excluding hydrogens is 356 g/mol. The summed E-state index contributed by atoms with van der Waals surface area (Å²) in [5.74, 6) is 0.943. The number of methoxy groups -OCH3 is 2. The van der Waals surface area contributed by atoms with Crippen LogP contribution in [-0.4, -0.2) is 30.4 Å². The molecule has 0 saturated carbocycles. The summed E-state index contributed by atoms with van der Waals surface area (Å²) in [4.78, 5) is 10.7. The number of nitrogens with zero attached hydrogens (tertiary/aromatic N) is 2. The largest absolute Gasteiger partial charge is 0.545 e. The van der Waals surface area contributed by atoms with Crippen LogP contribution >= 0.6 is 11.8 Å². The maximum absolute atomic E-state index is 10.7. The number of thioether (sulfide) groups is 1. The SMILES string of the molecule is COc1ccc(-c2nnc(SCc3ccc(C(=O)[O-])cc3)o2)cc1OC. The Labute approximate surface area is 154 Å². The normalized spacial score (nSPS) is 10.5. The molecule has 0 aliphatic carbocycles. The molecule has 0 atom stereocenters. The van der Waals surface area contributed by atoms with Gasteiger partial charge in [-0.15, -0.1) is 10.2 Å². The number of ether oxygens (including phenoxy) is 2. The average molecular weight is 371 g/mol. The van der Waals surface area contributed by atoms with Crippen LogP contribution in [0, 0.1) is 0 Å². The second-order valence-electron chi connectivity index (χ2n) is 5.22. The van der Waals surface area contributed by atoms with Gasteiger partial charge in [0.2, 0.25) is 5.89 Å². The van der Waals surface area contributed by atoms with E-state index < -0.39 is 5.97 Å². The van der Waals surface area contributed by atoms with Gasteiger partial charge in [0.05, 0.1) is 20.2 Å². The first-order chi connectivity index (χ1) is 12.6. The van der Waals surface area contributed by atoms with Gasteiger partial charge in [0, 0.05) is 11.3 Å². The third-order valence-corrected chi connectivity index (χ3v) is 4.48. The van der Waals surface area contributed by atoms with Gasteiger partial charge in [-0.1, -0.05) is 36.0 Å². The third kappa shape index (κ3) is 3.97. The molecule has 0 unspecified atom stereocenters. The van der Waals surface area contributed by atoms with Gasteiger partial charge in [-0.05, 0) is 29.3 Å². The first-order valence-corrected chi connectivity index (χ1v) is 8.58. The molecule has 0 saturated heterocycles. The Hall–Kier alpha value is -3.00. The molecule has 1 heterocycles. The van der Waals surface area contributed by atoms with E-state index in [9.17, 15) is 9.90 Å². The van der Waals surface area contributed by atoms with Crippen molar-refractivity contribution in [2.45, 2.75) is 11.0 Å². The highest BCUT2D eigenvalue weighted by Crippen LogP contribution is 2.33. The van der Waals surface area contributed by atoms with Crippen LogP contribution in [0.25, 0.3) is 11.5 Å². The predicted molar refractivity (Wildman–Crippen MR) is 93.2 cm³/mol. The van der Waals surface area contributed by atoms with Crippen molar-refractivity contribution in [3.8, 4) is 23.0 Å². The van der Waals surface area contributed by atoms with Crippen LogP contribution in [0.15, 0.2) is 52.1 Å². The summed E-state index contributed by atoms with van der Waals surface area (Å²) in [7, 11) is 3.13. The Balaban J connectivity index is 1.69. The van der Waals surface area contributed by atoms with E-state index in [1.807, 2.05) is 6.07 Å². The Bertz CT molecular complexity index is 908. The second kappa shape index (κ2) is 7.92. The van der Waals surface area contributed by atoms with E-state index in [0.717, 1.165) is 11.1 Å². The molecule has 26 heavy (non-hydrogen) atoms. The number of carbonyl (C=O) groups is 1. The van der Waals surface area contributed by atoms with Crippen molar-refractivity contribution in [1.82, 2.24) is 10.2 Å². The summed E-state index contributed by atoms with van der Waals surface area (Å²) in [6, 6.07) is 11.8. The van der Waals surface area contributed by atoms with Crippen LogP contribution in [0.4, 0.5) is 0 Å². The van der Waals surface area contributed by atoms with E-state index >= 15 is 0 Å². The lowest BCUT2D eigenvalue weighted by Crippen LogP contribution is -2.21. The lowest BCUT2D eigenvalue weighted by Gasteiger charge is -2.07. The standard InChI is InChI=1S/C18H16N2O5S/c1-23-14-8-7-13(9-15(14)24-2)16-19-20-18(25-16)26-10-11-3-5-12(6-4-11)17(21)22/h3-9H,10H2,1-2H3,(H,21,22)/p-1. The topological polar surface area (TPSA) is 97.5 Å². The van der Waals surface area contributed by atoms with Gasteiger partial charge in [0.15, 0.2) is 11.5 Å². The monoisotopic (exact) mass is 371 g/mol. The van der Waals surface area contributed by atoms with Crippen molar-refractivity contribution in [3.63, 3.8) is 0 Å². The van der Waals surface area contributed by atoms with Crippen LogP contribution in [0.5, 0.6) is 11.5 Å². The zero-order valence-corrected chi connectivity index (χ0v) is 14.9. The highest BCUT2D eigenvalue weighted by Gasteiger charge is 2.12. The molecule has 0 aliphatic rings. The van der Waals surface area contributed by atoms with Crippen LogP contribution in [-0.2, 0) is 5.75 Å². The number of benzene rings is 2. The molecule has 3 aromatic rings. The Kier molecular flexibility index (Phi) is 5.43. The molecule has 134 valence electrons. The summed E-state index contributed by atoms with van der Waals surface area (Å²) in [6.07, 6.45) is 0. The fourth-order valence-corrected chi connectivity index (χ4v) is 2.96. The number of hydrogen-bond acceptors (Lipinski definition) is 8. The molecule has 0 fully saturated rings. The van der Waals surface area contributed by atoms with Crippen LogP contribution < -0.4 is 14.6 Å². The Morgan fingerprint density at radius 2 is 1.81 bits per heavy atom. The number of aromatic nitrogens is 2. The summed E-state index contributed by atoms with van der Waals surface area (Å²) >= 11 is 1.36. The molecule has 0 amide bonds. The Morgan fingerprint density at radius 3 is 2.46 bits per heavy atom. The molecule has 3 rings (SSSR count). The van der Waals surface area contributed by atoms with Gasteiger partial charge < -0.3 is 23.8 Å². The van der Waals surface area contributed by atoms with Crippen molar-refractivity contribution >= 4 is 17.7 Å². The number of rotatable bonds is 7. The van der Waals surface area contributed by atoms with Crippen molar-refractivity contribution in [2.75, 3.05) is 14.2 Å². The van der Waals surface area contributed by atoms with Crippen molar-refractivity contribution in [1.29, 1.82) is 0 Å². The van der Waals surface area contributed by atoms with E-state index in [4.69, 9.17) is 13.9 Å². The van der Waals surface area contributed by atoms with Crippen molar-refractivity contribution < 1.29 is 23.8 Å². The summed E-state index contributed by atoms with van der Waals surface area (Å²) in [5.41, 5.74) is 1.80. The van der Waals surface area contributed by atoms with Gasteiger partial charge in [-0.2, -0.15) is 0 Å². The number of hydrogen-bond donors (Lipinski definition) is 0. The molecule has 1 aromatic heterocycles. The minimum absolute atomic E-state index is 0.146. The minimum atomic E-state index is -1.19. The first kappa shape index (κ1) is 17.8. The zero-order valence-electron chi connectivity index (χ0n) is 14.1. The van der Waals surface area contributed by atoms with E-state index in [1.54, 1.807) is 38.5 Å². The maximum Gasteiger partial charge on any atom is 0.277 e. The number of carbonyl (C=O) groups excluding carboxylic acids is 1. The molecule has 0 spiro atoms. The van der Waals surface area contributed by atoms with Crippen molar-refractivity contribution in [2.24, 2.45) is 0 Å². The fourth-order valence-electron chi connectivity index (χ4n) is 2.24. The summed E-state index contributed by atoms with van der Waals surface area (Å²) in [5, 5.41) is 19.2. The highest BCUT2D eigenvalue weighted by atomic mass is 32.2. The van der Waals surface area contributed by atoms with E-state index in [0.29, 0.717) is 28.4 Å². The first-order valence-electron chi connectivity index (χ1n) is 7.59. The number of carboxylic acid groups (broad SMARTS) is 1. The molecule has 0 radical (unpaired) electrons. The van der Waals surface area contributed by atoms with Gasteiger partial charge in [0.1, 0.15) is 0 Å². The van der Waals surface area contributed by atoms with Crippen LogP contribution in [0.2, 0.25) is 0 Å². The smallest absolute Gasteiger partial charge is 0.277 e. The Morgan fingerprint density at radius 1 is 1.08 bits per heavy atom. The fraction of sp³-hybridized carbons (Fsp3) is 0.167. The summed E-state index contributed by atoms with van der Waals surface area (Å²) in [6.45, 7) is 0. The molecule has 7 nitrogen and oxygen atoms in total. The predicted octanol–water partition coefficient (Wildman–Crippen LogP) is 2.41. The van der Waals surface area contributed by atoms with Gasteiger partial charge in [-0.3, -0.25) is 0 Å². The lowest BCUT2D eigenvalue weighted by molar-refractivity contribution is -0.255. The lowest BCUT2D eigenvalue weighted by atomic mass is 10.1. The van der Waals surface area contributed by atoms with Crippen molar-refractivity contribution in [3.05, 3.63) is 53.6 Å². The quantitative estimate of drug-likeness (QED) is 0.584. The second-order valence-corrected chi connectivity index (χ2v) is 6.14. The van der Waals surface area contributed by atoms with Gasteiger partial charge in [0.25, 0.3) is 5.22 Å². The molecule has 8 heteroatoms. The van der Waals surface area contributed by atoms with E-state index in [1.165, 1.54) is 23.9 Å². The zero-order chi connectivity index (χ0) is 18.5. The molecule has 0 aliphatic heterocycles.